The molecule has 0 radical (unpaired) electrons. The highest BCUT2D eigenvalue weighted by molar-refractivity contribution is 5.94. The largest absolute Gasteiger partial charge is 0.463 e. The van der Waals surface area contributed by atoms with Crippen LogP contribution >= 0.6 is 0 Å². The van der Waals surface area contributed by atoms with E-state index in [9.17, 15) is 4.79 Å². The Morgan fingerprint density at radius 2 is 1.96 bits per heavy atom. The SMILES string of the molecule is Cc1ccc(C(=O)NC[C@H](c2ccco2)[NH+]2CCOCC2)cc1. The van der Waals surface area contributed by atoms with Crippen molar-refractivity contribution in [2.24, 2.45) is 0 Å². The summed E-state index contributed by atoms with van der Waals surface area (Å²) < 4.78 is 11.0. The van der Waals surface area contributed by atoms with Crippen LogP contribution in [0, 0.1) is 6.92 Å². The standard InChI is InChI=1S/C18H22N2O3/c1-14-4-6-15(7-5-14)18(21)19-13-16(17-3-2-10-23-17)20-8-11-22-12-9-20/h2-7,10,16H,8-9,11-13H2,1H3,(H,19,21)/p+1/t16-/m1/s1. The predicted molar refractivity (Wildman–Crippen MR) is 86.5 cm³/mol. The summed E-state index contributed by atoms with van der Waals surface area (Å²) in [5.74, 6) is 0.861. The fraction of sp³-hybridized carbons (Fsp3) is 0.389. The number of rotatable bonds is 5. The minimum atomic E-state index is -0.0470. The topological polar surface area (TPSA) is 55.9 Å². The van der Waals surface area contributed by atoms with E-state index in [2.05, 4.69) is 5.32 Å². The number of morpholine rings is 1. The van der Waals surface area contributed by atoms with Crippen LogP contribution in [-0.2, 0) is 4.74 Å². The number of hydrogen-bond acceptors (Lipinski definition) is 3. The first-order valence-corrected chi connectivity index (χ1v) is 8.04. The van der Waals surface area contributed by atoms with Crippen molar-refractivity contribution in [2.45, 2.75) is 13.0 Å². The molecule has 1 aliphatic heterocycles. The third-order valence-electron chi connectivity index (χ3n) is 4.29. The number of aryl methyl sites for hydroxylation is 1. The van der Waals surface area contributed by atoms with E-state index in [1.807, 2.05) is 43.3 Å². The lowest BCUT2D eigenvalue weighted by molar-refractivity contribution is -0.938. The van der Waals surface area contributed by atoms with Gasteiger partial charge in [-0.3, -0.25) is 4.79 Å². The van der Waals surface area contributed by atoms with E-state index in [1.54, 1.807) is 6.26 Å². The van der Waals surface area contributed by atoms with Crippen molar-refractivity contribution in [1.29, 1.82) is 0 Å². The van der Waals surface area contributed by atoms with Crippen molar-refractivity contribution in [3.8, 4) is 0 Å². The zero-order valence-electron chi connectivity index (χ0n) is 13.4. The van der Waals surface area contributed by atoms with Crippen LogP contribution in [-0.4, -0.2) is 38.8 Å². The van der Waals surface area contributed by atoms with Gasteiger partial charge in [0.25, 0.3) is 5.91 Å². The quantitative estimate of drug-likeness (QED) is 0.865. The second-order valence-electron chi connectivity index (χ2n) is 5.91. The van der Waals surface area contributed by atoms with Crippen LogP contribution in [0.4, 0.5) is 0 Å². The molecule has 2 aromatic rings. The van der Waals surface area contributed by atoms with Gasteiger partial charge in [-0.15, -0.1) is 0 Å². The maximum atomic E-state index is 12.3. The van der Waals surface area contributed by atoms with Gasteiger partial charge in [0, 0.05) is 5.56 Å². The van der Waals surface area contributed by atoms with E-state index < -0.39 is 0 Å². The zero-order valence-corrected chi connectivity index (χ0v) is 13.4. The molecule has 1 atom stereocenters. The number of carbonyl (C=O) groups excluding carboxylic acids is 1. The van der Waals surface area contributed by atoms with Gasteiger partial charge in [0.2, 0.25) is 0 Å². The van der Waals surface area contributed by atoms with Gasteiger partial charge in [0.1, 0.15) is 13.1 Å². The van der Waals surface area contributed by atoms with Gasteiger partial charge in [0.15, 0.2) is 11.8 Å². The van der Waals surface area contributed by atoms with E-state index in [0.717, 1.165) is 37.6 Å². The summed E-state index contributed by atoms with van der Waals surface area (Å²) in [6.45, 7) is 5.90. The zero-order chi connectivity index (χ0) is 16.1. The third kappa shape index (κ3) is 4.00. The summed E-state index contributed by atoms with van der Waals surface area (Å²) in [7, 11) is 0. The monoisotopic (exact) mass is 315 g/mol. The molecular formula is C18H23N2O3+. The van der Waals surface area contributed by atoms with E-state index in [1.165, 1.54) is 4.90 Å². The van der Waals surface area contributed by atoms with Crippen LogP contribution in [0.15, 0.2) is 47.1 Å². The molecule has 0 aliphatic carbocycles. The van der Waals surface area contributed by atoms with Crippen molar-refractivity contribution >= 4 is 5.91 Å². The first-order chi connectivity index (χ1) is 11.2. The number of quaternary nitrogens is 1. The Bertz CT molecular complexity index is 616. The highest BCUT2D eigenvalue weighted by Gasteiger charge is 2.28. The van der Waals surface area contributed by atoms with Crippen molar-refractivity contribution in [1.82, 2.24) is 5.32 Å². The van der Waals surface area contributed by atoms with E-state index in [4.69, 9.17) is 9.15 Å². The van der Waals surface area contributed by atoms with Crippen LogP contribution in [0.1, 0.15) is 27.7 Å². The summed E-state index contributed by atoms with van der Waals surface area (Å²) in [6, 6.07) is 11.6. The van der Waals surface area contributed by atoms with Crippen molar-refractivity contribution in [3.63, 3.8) is 0 Å². The van der Waals surface area contributed by atoms with Crippen molar-refractivity contribution < 1.29 is 18.8 Å². The molecule has 1 aromatic heterocycles. The molecule has 3 rings (SSSR count). The van der Waals surface area contributed by atoms with Crippen molar-refractivity contribution in [3.05, 3.63) is 59.5 Å². The summed E-state index contributed by atoms with van der Waals surface area (Å²) in [4.78, 5) is 13.7. The van der Waals surface area contributed by atoms with Gasteiger partial charge >= 0.3 is 0 Å². The molecule has 122 valence electrons. The summed E-state index contributed by atoms with van der Waals surface area (Å²) in [5, 5.41) is 3.04. The summed E-state index contributed by atoms with van der Waals surface area (Å²) >= 11 is 0. The maximum Gasteiger partial charge on any atom is 0.251 e. The van der Waals surface area contributed by atoms with Gasteiger partial charge < -0.3 is 19.4 Å². The van der Waals surface area contributed by atoms with E-state index in [0.29, 0.717) is 12.1 Å². The average molecular weight is 315 g/mol. The van der Waals surface area contributed by atoms with Gasteiger partial charge in [-0.1, -0.05) is 17.7 Å². The van der Waals surface area contributed by atoms with Crippen LogP contribution in [0.3, 0.4) is 0 Å². The Kier molecular flexibility index (Phi) is 5.10. The molecule has 1 aromatic carbocycles. The smallest absolute Gasteiger partial charge is 0.251 e. The maximum absolute atomic E-state index is 12.3. The number of benzene rings is 1. The molecule has 0 unspecified atom stereocenters. The molecule has 5 heteroatoms. The molecule has 1 saturated heterocycles. The second kappa shape index (κ2) is 7.44. The number of nitrogens with one attached hydrogen (secondary N) is 2. The lowest BCUT2D eigenvalue weighted by atomic mass is 10.1. The van der Waals surface area contributed by atoms with Gasteiger partial charge in [-0.05, 0) is 31.2 Å². The van der Waals surface area contributed by atoms with Gasteiger partial charge in [0.05, 0.1) is 26.0 Å². The Hall–Kier alpha value is -2.11. The van der Waals surface area contributed by atoms with Crippen molar-refractivity contribution in [2.75, 3.05) is 32.8 Å². The molecule has 23 heavy (non-hydrogen) atoms. The number of carbonyl (C=O) groups is 1. The molecule has 0 bridgehead atoms. The highest BCUT2D eigenvalue weighted by Crippen LogP contribution is 2.11. The molecule has 2 heterocycles. The molecule has 0 spiro atoms. The lowest BCUT2D eigenvalue weighted by Gasteiger charge is -2.30. The molecular weight excluding hydrogens is 292 g/mol. The number of amides is 1. The average Bonchev–Trinajstić information content (AvgIpc) is 3.11. The highest BCUT2D eigenvalue weighted by atomic mass is 16.5. The van der Waals surface area contributed by atoms with Crippen LogP contribution in [0.5, 0.6) is 0 Å². The minimum absolute atomic E-state index is 0.0470. The Morgan fingerprint density at radius 3 is 2.61 bits per heavy atom. The molecule has 2 N–H and O–H groups in total. The Morgan fingerprint density at radius 1 is 1.22 bits per heavy atom. The third-order valence-corrected chi connectivity index (χ3v) is 4.29. The second-order valence-corrected chi connectivity index (χ2v) is 5.91. The number of ether oxygens (including phenoxy) is 1. The Labute approximate surface area is 136 Å². The van der Waals surface area contributed by atoms with Crippen LogP contribution < -0.4 is 10.2 Å². The Balaban J connectivity index is 1.66. The molecule has 1 fully saturated rings. The van der Waals surface area contributed by atoms with Crippen LogP contribution in [0.2, 0.25) is 0 Å². The fourth-order valence-electron chi connectivity index (χ4n) is 2.92. The molecule has 0 saturated carbocycles. The number of hydrogen-bond donors (Lipinski definition) is 2. The molecule has 5 nitrogen and oxygen atoms in total. The fourth-order valence-corrected chi connectivity index (χ4v) is 2.92. The molecule has 1 amide bonds. The predicted octanol–water partition coefficient (Wildman–Crippen LogP) is 0.974. The van der Waals surface area contributed by atoms with Gasteiger partial charge in [-0.25, -0.2) is 0 Å². The first kappa shape index (κ1) is 15.8. The minimum Gasteiger partial charge on any atom is -0.463 e. The number of furan rings is 1. The van der Waals surface area contributed by atoms with E-state index >= 15 is 0 Å². The van der Waals surface area contributed by atoms with E-state index in [-0.39, 0.29) is 11.9 Å². The van der Waals surface area contributed by atoms with Crippen LogP contribution in [0.25, 0.3) is 0 Å². The first-order valence-electron chi connectivity index (χ1n) is 8.04. The van der Waals surface area contributed by atoms with Gasteiger partial charge in [-0.2, -0.15) is 0 Å². The normalized spacial score (nSPS) is 16.9. The lowest BCUT2D eigenvalue weighted by Crippen LogP contribution is -3.15. The summed E-state index contributed by atoms with van der Waals surface area (Å²) in [5.41, 5.74) is 1.83. The molecule has 1 aliphatic rings. The summed E-state index contributed by atoms with van der Waals surface area (Å²) in [6.07, 6.45) is 1.68.